The van der Waals surface area contributed by atoms with Crippen LogP contribution in [0.15, 0.2) is 4.40 Å². The summed E-state index contributed by atoms with van der Waals surface area (Å²) in [6.07, 6.45) is 8.53. The third-order valence-electron chi connectivity index (χ3n) is 4.18. The van der Waals surface area contributed by atoms with E-state index in [4.69, 9.17) is 4.74 Å². The van der Waals surface area contributed by atoms with Crippen molar-refractivity contribution in [1.82, 2.24) is 5.32 Å². The molecule has 1 heterocycles. The molecule has 2 aliphatic carbocycles. The molecule has 0 radical (unpaired) electrons. The summed E-state index contributed by atoms with van der Waals surface area (Å²) >= 11 is 0. The van der Waals surface area contributed by atoms with Gasteiger partial charge in [-0.2, -0.15) is 0 Å². The third kappa shape index (κ3) is 2.48. The molecule has 0 atom stereocenters. The Morgan fingerprint density at radius 1 is 1.17 bits per heavy atom. The molecule has 3 aliphatic rings. The van der Waals surface area contributed by atoms with E-state index in [1.807, 2.05) is 0 Å². The van der Waals surface area contributed by atoms with Gasteiger partial charge in [0.1, 0.15) is 11.4 Å². The van der Waals surface area contributed by atoms with Crippen LogP contribution in [0.25, 0.3) is 0 Å². The summed E-state index contributed by atoms with van der Waals surface area (Å²) in [5, 5.41) is 3.19. The molecule has 0 saturated heterocycles. The zero-order valence-corrected chi connectivity index (χ0v) is 11.3. The van der Waals surface area contributed by atoms with Gasteiger partial charge in [-0.1, -0.05) is 19.3 Å². The van der Waals surface area contributed by atoms with Gasteiger partial charge in [-0.3, -0.25) is 0 Å². The molecule has 1 N–H and O–H groups in total. The van der Waals surface area contributed by atoms with Crippen molar-refractivity contribution in [3.05, 3.63) is 0 Å². The van der Waals surface area contributed by atoms with Crippen LogP contribution in [0.5, 0.6) is 0 Å². The second-order valence-corrected chi connectivity index (χ2v) is 7.38. The lowest BCUT2D eigenvalue weighted by molar-refractivity contribution is -0.00584. The lowest BCUT2D eigenvalue weighted by Gasteiger charge is -2.43. The molecule has 2 saturated carbocycles. The number of hydrogen-bond donors (Lipinski definition) is 1. The van der Waals surface area contributed by atoms with Crippen molar-refractivity contribution in [3.63, 3.8) is 0 Å². The number of rotatable bonds is 1. The summed E-state index contributed by atoms with van der Waals surface area (Å²) in [5.41, 5.74) is -0.475. The maximum atomic E-state index is 11.8. The van der Waals surface area contributed by atoms with E-state index in [0.717, 1.165) is 32.1 Å². The number of nitrogens with one attached hydrogen (secondary N) is 1. The topological polar surface area (TPSA) is 67.8 Å². The van der Waals surface area contributed by atoms with Crippen molar-refractivity contribution >= 4 is 16.0 Å². The van der Waals surface area contributed by atoms with Gasteiger partial charge in [-0.25, -0.2) is 8.42 Å². The molecular weight excluding hydrogens is 252 g/mol. The van der Waals surface area contributed by atoms with Crippen LogP contribution in [0.3, 0.4) is 0 Å². The van der Waals surface area contributed by atoms with Crippen LogP contribution in [0.1, 0.15) is 51.4 Å². The molecule has 0 aromatic rings. The third-order valence-corrected chi connectivity index (χ3v) is 5.51. The number of ether oxygens (including phenoxy) is 1. The van der Waals surface area contributed by atoms with Gasteiger partial charge in [0.2, 0.25) is 0 Å². The van der Waals surface area contributed by atoms with Crippen LogP contribution in [0, 0.1) is 0 Å². The quantitative estimate of drug-likeness (QED) is 0.786. The zero-order chi connectivity index (χ0) is 12.6. The SMILES string of the molecule is O=S1(=O)CC2(CCC2)OC(NC2CCCCC2)=N1. The molecule has 0 bridgehead atoms. The maximum absolute atomic E-state index is 11.8. The molecule has 5 nitrogen and oxygen atoms in total. The van der Waals surface area contributed by atoms with Gasteiger partial charge >= 0.3 is 6.02 Å². The first-order chi connectivity index (χ1) is 8.57. The molecule has 1 aliphatic heterocycles. The molecule has 2 fully saturated rings. The fourth-order valence-electron chi connectivity index (χ4n) is 3.04. The Bertz CT molecular complexity index is 448. The Morgan fingerprint density at radius 2 is 1.89 bits per heavy atom. The standard InChI is InChI=1S/C12H20N2O3S/c15-18(16)9-12(7-4-8-12)17-11(14-18)13-10-5-2-1-3-6-10/h10H,1-9H2,(H,13,14). The van der Waals surface area contributed by atoms with Crippen molar-refractivity contribution < 1.29 is 13.2 Å². The number of amidine groups is 1. The Kier molecular flexibility index (Phi) is 3.00. The van der Waals surface area contributed by atoms with E-state index in [1.54, 1.807) is 0 Å². The smallest absolute Gasteiger partial charge is 0.301 e. The molecule has 3 rings (SSSR count). The molecule has 0 aromatic heterocycles. The number of sulfonamides is 1. The summed E-state index contributed by atoms with van der Waals surface area (Å²) in [6, 6.07) is 0.566. The van der Waals surface area contributed by atoms with Gasteiger partial charge in [0, 0.05) is 6.04 Å². The summed E-state index contributed by atoms with van der Waals surface area (Å²) in [7, 11) is -3.35. The molecule has 18 heavy (non-hydrogen) atoms. The first-order valence-corrected chi connectivity index (χ1v) is 8.46. The first kappa shape index (κ1) is 12.3. The highest BCUT2D eigenvalue weighted by atomic mass is 32.2. The average molecular weight is 272 g/mol. The van der Waals surface area contributed by atoms with Crippen LogP contribution in [-0.4, -0.2) is 31.8 Å². The predicted molar refractivity (Wildman–Crippen MR) is 68.9 cm³/mol. The minimum absolute atomic E-state index is 0.0514. The summed E-state index contributed by atoms with van der Waals surface area (Å²) in [4.78, 5) is 0. The Labute approximate surface area is 108 Å². The molecule has 1 spiro atoms. The van der Waals surface area contributed by atoms with Gasteiger partial charge in [-0.05, 0) is 32.1 Å². The summed E-state index contributed by atoms with van der Waals surface area (Å²) < 4.78 is 33.2. The maximum Gasteiger partial charge on any atom is 0.301 e. The van der Waals surface area contributed by atoms with Crippen molar-refractivity contribution in [3.8, 4) is 0 Å². The zero-order valence-electron chi connectivity index (χ0n) is 10.5. The lowest BCUT2D eigenvalue weighted by Crippen LogP contribution is -2.54. The van der Waals surface area contributed by atoms with E-state index in [0.29, 0.717) is 6.04 Å². The van der Waals surface area contributed by atoms with E-state index in [9.17, 15) is 8.42 Å². The number of hydrogen-bond acceptors (Lipinski definition) is 4. The van der Waals surface area contributed by atoms with Crippen LogP contribution < -0.4 is 5.32 Å². The van der Waals surface area contributed by atoms with E-state index in [-0.39, 0.29) is 11.8 Å². The van der Waals surface area contributed by atoms with Gasteiger partial charge in [-0.15, -0.1) is 4.40 Å². The van der Waals surface area contributed by atoms with Crippen LogP contribution in [-0.2, 0) is 14.8 Å². The van der Waals surface area contributed by atoms with E-state index < -0.39 is 15.6 Å². The van der Waals surface area contributed by atoms with E-state index in [2.05, 4.69) is 9.71 Å². The van der Waals surface area contributed by atoms with Gasteiger partial charge in [0.25, 0.3) is 10.0 Å². The molecule has 0 aromatic carbocycles. The summed E-state index contributed by atoms with van der Waals surface area (Å²) in [5.74, 6) is 0.0514. The normalized spacial score (nSPS) is 30.1. The van der Waals surface area contributed by atoms with Gasteiger partial charge in [0.15, 0.2) is 0 Å². The lowest BCUT2D eigenvalue weighted by atomic mass is 9.81. The second-order valence-electron chi connectivity index (χ2n) is 5.74. The first-order valence-electron chi connectivity index (χ1n) is 6.85. The van der Waals surface area contributed by atoms with E-state index >= 15 is 0 Å². The van der Waals surface area contributed by atoms with Crippen LogP contribution in [0.2, 0.25) is 0 Å². The Morgan fingerprint density at radius 3 is 2.50 bits per heavy atom. The van der Waals surface area contributed by atoms with Gasteiger partial charge in [0.05, 0.1) is 0 Å². The minimum Gasteiger partial charge on any atom is -0.457 e. The second kappa shape index (κ2) is 4.40. The fourth-order valence-corrected chi connectivity index (χ4v) is 4.46. The van der Waals surface area contributed by atoms with Crippen molar-refractivity contribution in [2.75, 3.05) is 5.75 Å². The minimum atomic E-state index is -3.35. The fraction of sp³-hybridized carbons (Fsp3) is 0.917. The van der Waals surface area contributed by atoms with E-state index in [1.165, 1.54) is 19.3 Å². The van der Waals surface area contributed by atoms with Crippen LogP contribution in [0.4, 0.5) is 0 Å². The van der Waals surface area contributed by atoms with Crippen LogP contribution >= 0.6 is 0 Å². The highest BCUT2D eigenvalue weighted by molar-refractivity contribution is 7.90. The van der Waals surface area contributed by atoms with Crippen molar-refractivity contribution in [2.24, 2.45) is 4.40 Å². The highest BCUT2D eigenvalue weighted by Crippen LogP contribution is 2.39. The molecule has 0 unspecified atom stereocenters. The summed E-state index contributed by atoms with van der Waals surface area (Å²) in [6.45, 7) is 0. The molecular formula is C12H20N2O3S. The monoisotopic (exact) mass is 272 g/mol. The Balaban J connectivity index is 1.72. The highest BCUT2D eigenvalue weighted by Gasteiger charge is 2.47. The Hall–Kier alpha value is -0.780. The van der Waals surface area contributed by atoms with Crippen molar-refractivity contribution in [2.45, 2.75) is 63.0 Å². The molecule has 102 valence electrons. The van der Waals surface area contributed by atoms with Gasteiger partial charge < -0.3 is 10.1 Å². The number of nitrogens with zero attached hydrogens (tertiary/aromatic N) is 1. The largest absolute Gasteiger partial charge is 0.457 e. The van der Waals surface area contributed by atoms with Crippen molar-refractivity contribution in [1.29, 1.82) is 0 Å². The molecule has 6 heteroatoms. The molecule has 0 amide bonds. The average Bonchev–Trinajstić information content (AvgIpc) is 2.26. The predicted octanol–water partition coefficient (Wildman–Crippen LogP) is 1.55.